The maximum atomic E-state index is 13.5. The summed E-state index contributed by atoms with van der Waals surface area (Å²) in [4.78, 5) is 10.2. The maximum absolute atomic E-state index is 13.5. The van der Waals surface area contributed by atoms with Gasteiger partial charge in [-0.3, -0.25) is 8.61 Å². The third-order valence-corrected chi connectivity index (χ3v) is 13.0. The van der Waals surface area contributed by atoms with Gasteiger partial charge in [-0.1, -0.05) is 18.2 Å². The van der Waals surface area contributed by atoms with E-state index < -0.39 is 31.7 Å². The molecule has 0 fully saturated rings. The zero-order chi connectivity index (χ0) is 38.0. The molecule has 8 rings (SSSR count). The molecule has 0 saturated carbocycles. The summed E-state index contributed by atoms with van der Waals surface area (Å²) in [5.41, 5.74) is 6.13. The second-order valence-electron chi connectivity index (χ2n) is 13.4. The summed E-state index contributed by atoms with van der Waals surface area (Å²) < 4.78 is 85.9. The quantitative estimate of drug-likeness (QED) is 0.177. The highest BCUT2D eigenvalue weighted by molar-refractivity contribution is 7.93. The molecule has 0 N–H and O–H groups in total. The molecule has 2 aliphatic heterocycles. The zero-order valence-corrected chi connectivity index (χ0v) is 31.4. The Labute approximate surface area is 313 Å². The first kappa shape index (κ1) is 37.0. The second-order valence-corrected chi connectivity index (χ2v) is 17.1. The maximum Gasteiger partial charge on any atom is 0.264 e. The fraction of sp³-hybridized carbons (Fsp3) is 0.231. The van der Waals surface area contributed by atoms with Gasteiger partial charge >= 0.3 is 0 Å². The van der Waals surface area contributed by atoms with Crippen LogP contribution in [-0.4, -0.2) is 68.0 Å². The van der Waals surface area contributed by atoms with Crippen molar-refractivity contribution in [1.82, 2.24) is 24.0 Å². The molecule has 0 unspecified atom stereocenters. The van der Waals surface area contributed by atoms with Crippen LogP contribution in [0.15, 0.2) is 126 Å². The van der Waals surface area contributed by atoms with Crippen LogP contribution in [0.5, 0.6) is 0 Å². The van der Waals surface area contributed by atoms with Crippen LogP contribution < -0.4 is 8.61 Å². The Kier molecular flexibility index (Phi) is 10.4. The van der Waals surface area contributed by atoms with Gasteiger partial charge in [0.2, 0.25) is 0 Å². The number of fused-ring (bicyclic) bond motifs is 2. The van der Waals surface area contributed by atoms with Crippen molar-refractivity contribution < 1.29 is 25.6 Å². The Balaban J connectivity index is 0.000000167. The predicted molar refractivity (Wildman–Crippen MR) is 203 cm³/mol. The lowest BCUT2D eigenvalue weighted by Gasteiger charge is -2.31. The van der Waals surface area contributed by atoms with Gasteiger partial charge < -0.3 is 14.0 Å². The van der Waals surface area contributed by atoms with Crippen molar-refractivity contribution in [2.75, 3.05) is 35.8 Å². The van der Waals surface area contributed by atoms with Crippen LogP contribution in [0.3, 0.4) is 0 Å². The highest BCUT2D eigenvalue weighted by atomic mass is 32.2. The Morgan fingerprint density at radius 3 is 1.81 bits per heavy atom. The van der Waals surface area contributed by atoms with Crippen molar-refractivity contribution in [3.8, 4) is 11.4 Å². The molecular formula is C39H39F2N7O4S2. The van der Waals surface area contributed by atoms with Crippen molar-refractivity contribution in [2.24, 2.45) is 0 Å². The number of benzene rings is 4. The number of halogens is 2. The molecule has 0 amide bonds. The molecule has 0 spiro atoms. The molecule has 4 heterocycles. The molecular weight excluding hydrogens is 733 g/mol. The summed E-state index contributed by atoms with van der Waals surface area (Å²) in [5.74, 6) is -2.26. The van der Waals surface area contributed by atoms with Gasteiger partial charge in [-0.05, 0) is 117 Å². The summed E-state index contributed by atoms with van der Waals surface area (Å²) in [7, 11) is -3.60. The Morgan fingerprint density at radius 1 is 0.630 bits per heavy atom. The van der Waals surface area contributed by atoms with Crippen molar-refractivity contribution in [2.45, 2.75) is 42.0 Å². The number of hydrogen-bond donors (Lipinski definition) is 0. The number of aromatic nitrogens is 4. The SMILES string of the molecule is CN(C)Cc1ccc(S(=O)(=O)N2CCCc3ccc(-n4ccnc4)cc32)cc1.O=S(=O)(c1ccc(F)c(F)c1)N1CCCc2cc(-n3ccnc3)ccc21. The van der Waals surface area contributed by atoms with Crippen LogP contribution in [-0.2, 0) is 39.4 Å². The fourth-order valence-electron chi connectivity index (χ4n) is 6.75. The largest absolute Gasteiger partial charge is 0.306 e. The van der Waals surface area contributed by atoms with E-state index in [4.69, 9.17) is 0 Å². The van der Waals surface area contributed by atoms with E-state index in [1.54, 1.807) is 59.8 Å². The first-order valence-electron chi connectivity index (χ1n) is 17.4. The normalized spacial score (nSPS) is 14.3. The number of sulfonamides is 2. The van der Waals surface area contributed by atoms with Crippen molar-refractivity contribution in [3.05, 3.63) is 145 Å². The molecule has 0 bridgehead atoms. The van der Waals surface area contributed by atoms with E-state index >= 15 is 0 Å². The van der Waals surface area contributed by atoms with E-state index in [2.05, 4.69) is 14.9 Å². The molecule has 6 aromatic rings. The minimum absolute atomic E-state index is 0.261. The van der Waals surface area contributed by atoms with E-state index in [1.807, 2.05) is 65.8 Å². The zero-order valence-electron chi connectivity index (χ0n) is 29.8. The van der Waals surface area contributed by atoms with Gasteiger partial charge in [0.05, 0.1) is 33.8 Å². The first-order chi connectivity index (χ1) is 25.9. The van der Waals surface area contributed by atoms with E-state index in [1.165, 1.54) is 4.31 Å². The highest BCUT2D eigenvalue weighted by Gasteiger charge is 2.31. The molecule has 54 heavy (non-hydrogen) atoms. The summed E-state index contributed by atoms with van der Waals surface area (Å²) in [6, 6.07) is 21.3. The van der Waals surface area contributed by atoms with Crippen LogP contribution in [0.2, 0.25) is 0 Å². The third-order valence-electron chi connectivity index (χ3n) is 9.38. The average molecular weight is 772 g/mol. The molecule has 15 heteroatoms. The topological polar surface area (TPSA) is 114 Å². The molecule has 2 aliphatic rings. The fourth-order valence-corrected chi connectivity index (χ4v) is 9.83. The van der Waals surface area contributed by atoms with E-state index in [0.717, 1.165) is 77.8 Å². The van der Waals surface area contributed by atoms with Gasteiger partial charge in [-0.25, -0.2) is 35.6 Å². The molecule has 0 aliphatic carbocycles. The minimum atomic E-state index is -3.97. The molecule has 4 aromatic carbocycles. The summed E-state index contributed by atoms with van der Waals surface area (Å²) >= 11 is 0. The van der Waals surface area contributed by atoms with Gasteiger partial charge in [0, 0.05) is 55.8 Å². The lowest BCUT2D eigenvalue weighted by Crippen LogP contribution is -2.35. The molecule has 0 saturated heterocycles. The van der Waals surface area contributed by atoms with Crippen LogP contribution in [0.4, 0.5) is 20.2 Å². The molecule has 0 radical (unpaired) electrons. The lowest BCUT2D eigenvalue weighted by molar-refractivity contribution is 0.402. The number of nitrogens with zero attached hydrogens (tertiary/aromatic N) is 7. The van der Waals surface area contributed by atoms with Gasteiger partial charge in [0.25, 0.3) is 20.0 Å². The summed E-state index contributed by atoms with van der Waals surface area (Å²) in [6.07, 6.45) is 13.5. The summed E-state index contributed by atoms with van der Waals surface area (Å²) in [5, 5.41) is 0. The Morgan fingerprint density at radius 2 is 1.20 bits per heavy atom. The van der Waals surface area contributed by atoms with Crippen molar-refractivity contribution in [3.63, 3.8) is 0 Å². The van der Waals surface area contributed by atoms with E-state index in [0.29, 0.717) is 30.1 Å². The first-order valence-corrected chi connectivity index (χ1v) is 20.3. The van der Waals surface area contributed by atoms with Gasteiger partial charge in [0.15, 0.2) is 11.6 Å². The standard InChI is InChI=1S/C21H24N4O2S.C18H15F2N3O2S/c1-23(2)15-17-5-9-20(10-6-17)28(26,27)25-12-3-4-18-7-8-19(14-21(18)25)24-13-11-22-16-24;19-16-5-4-15(11-17(16)20)26(24,25)23-8-1-2-13-10-14(3-6-18(13)23)22-9-7-21-12-22/h5-11,13-14,16H,3-4,12,15H2,1-2H3;3-7,9-12H,1-2,8H2. The molecule has 2 aromatic heterocycles. The van der Waals surface area contributed by atoms with Crippen LogP contribution >= 0.6 is 0 Å². The molecule has 280 valence electrons. The number of aryl methyl sites for hydroxylation is 2. The van der Waals surface area contributed by atoms with Gasteiger partial charge in [0.1, 0.15) is 0 Å². The van der Waals surface area contributed by atoms with Crippen LogP contribution in [0.25, 0.3) is 11.4 Å². The molecule has 11 nitrogen and oxygen atoms in total. The van der Waals surface area contributed by atoms with Crippen LogP contribution in [0.1, 0.15) is 29.5 Å². The number of imidazole rings is 2. The Hall–Kier alpha value is -5.38. The van der Waals surface area contributed by atoms with Gasteiger partial charge in [-0.15, -0.1) is 0 Å². The highest BCUT2D eigenvalue weighted by Crippen LogP contribution is 2.35. The smallest absolute Gasteiger partial charge is 0.264 e. The van der Waals surface area contributed by atoms with Crippen molar-refractivity contribution in [1.29, 1.82) is 0 Å². The predicted octanol–water partition coefficient (Wildman–Crippen LogP) is 6.37. The number of rotatable bonds is 8. The van der Waals surface area contributed by atoms with E-state index in [9.17, 15) is 25.6 Å². The third kappa shape index (κ3) is 7.52. The lowest BCUT2D eigenvalue weighted by atomic mass is 10.0. The van der Waals surface area contributed by atoms with Crippen LogP contribution in [0, 0.1) is 11.6 Å². The minimum Gasteiger partial charge on any atom is -0.306 e. The van der Waals surface area contributed by atoms with E-state index in [-0.39, 0.29) is 4.90 Å². The summed E-state index contributed by atoms with van der Waals surface area (Å²) in [6.45, 7) is 1.56. The Bertz CT molecular complexity index is 2480. The second kappa shape index (κ2) is 15.2. The monoisotopic (exact) mass is 771 g/mol. The van der Waals surface area contributed by atoms with Gasteiger partial charge in [-0.2, -0.15) is 0 Å². The number of hydrogen-bond acceptors (Lipinski definition) is 7. The molecule has 0 atom stereocenters. The number of anilines is 2. The average Bonchev–Trinajstić information content (AvgIpc) is 3.91. The van der Waals surface area contributed by atoms with Crippen molar-refractivity contribution >= 4 is 31.4 Å².